The van der Waals surface area contributed by atoms with Gasteiger partial charge in [0.25, 0.3) is 0 Å². The zero-order chi connectivity index (χ0) is 25.2. The molecule has 3 aliphatic rings. The molecule has 3 amide bonds. The smallest absolute Gasteiger partial charge is 0.409 e. The number of fused-ring (bicyclic) bond motifs is 2. The maximum atomic E-state index is 13.2. The molecule has 7 heteroatoms. The van der Waals surface area contributed by atoms with Crippen molar-refractivity contribution in [3.05, 3.63) is 35.4 Å². The highest BCUT2D eigenvalue weighted by Gasteiger charge is 2.47. The van der Waals surface area contributed by atoms with E-state index in [1.807, 2.05) is 16.7 Å². The minimum atomic E-state index is -0.173. The molecule has 1 aromatic carbocycles. The van der Waals surface area contributed by atoms with Gasteiger partial charge in [-0.2, -0.15) is 0 Å². The molecule has 1 N–H and O–H groups in total. The minimum Gasteiger partial charge on any atom is -0.450 e. The second-order valence-electron chi connectivity index (χ2n) is 11.1. The van der Waals surface area contributed by atoms with E-state index in [0.717, 1.165) is 58.3 Å². The van der Waals surface area contributed by atoms with Gasteiger partial charge in [-0.3, -0.25) is 0 Å². The van der Waals surface area contributed by atoms with Gasteiger partial charge in [0.05, 0.1) is 12.6 Å². The van der Waals surface area contributed by atoms with Crippen LogP contribution in [0.1, 0.15) is 83.9 Å². The largest absolute Gasteiger partial charge is 0.450 e. The lowest BCUT2D eigenvalue weighted by molar-refractivity contribution is 0.0553. The molecule has 4 rings (SSSR count). The van der Waals surface area contributed by atoms with Crippen LogP contribution >= 0.6 is 0 Å². The predicted molar refractivity (Wildman–Crippen MR) is 139 cm³/mol. The highest BCUT2D eigenvalue weighted by molar-refractivity contribution is 5.75. The third-order valence-electron chi connectivity index (χ3n) is 8.41. The van der Waals surface area contributed by atoms with Gasteiger partial charge in [-0.15, -0.1) is 0 Å². The molecule has 7 nitrogen and oxygen atoms in total. The number of carbonyl (C=O) groups excluding carboxylic acids is 2. The van der Waals surface area contributed by atoms with Crippen molar-refractivity contribution in [1.29, 1.82) is 0 Å². The number of likely N-dealkylation sites (tertiary alicyclic amines) is 2. The number of piperidine rings is 2. The Balaban J connectivity index is 1.39. The molecule has 1 unspecified atom stereocenters. The van der Waals surface area contributed by atoms with Crippen LogP contribution in [0.2, 0.25) is 0 Å². The topological polar surface area (TPSA) is 65.1 Å². The van der Waals surface area contributed by atoms with Crippen LogP contribution in [0.3, 0.4) is 0 Å². The fraction of sp³-hybridized carbons (Fsp3) is 0.714. The van der Waals surface area contributed by atoms with E-state index in [1.165, 1.54) is 11.1 Å². The second-order valence-corrected chi connectivity index (χ2v) is 11.1. The summed E-state index contributed by atoms with van der Waals surface area (Å²) in [5.74, 6) is 0. The lowest BCUT2D eigenvalue weighted by atomic mass is 9.73. The number of benzene rings is 1. The van der Waals surface area contributed by atoms with Crippen molar-refractivity contribution >= 4 is 12.1 Å². The third-order valence-corrected chi connectivity index (χ3v) is 8.41. The van der Waals surface area contributed by atoms with Gasteiger partial charge >= 0.3 is 12.1 Å². The SMILES string of the molecule is CCOC(=O)N1CCC(N2CCC3(CC2)CC(NC(=O)N(C(C)C)C(C)C)c2ccccc23)CC1. The average molecular weight is 485 g/mol. The number of carbonyl (C=O) groups is 2. The molecule has 0 saturated carbocycles. The molecule has 0 aromatic heterocycles. The number of nitrogens with one attached hydrogen (secondary N) is 1. The number of urea groups is 1. The molecule has 2 saturated heterocycles. The summed E-state index contributed by atoms with van der Waals surface area (Å²) >= 11 is 0. The second kappa shape index (κ2) is 10.8. The predicted octanol–water partition coefficient (Wildman–Crippen LogP) is 4.91. The van der Waals surface area contributed by atoms with E-state index in [9.17, 15) is 9.59 Å². The molecule has 194 valence electrons. The van der Waals surface area contributed by atoms with Gasteiger partial charge in [0.2, 0.25) is 0 Å². The van der Waals surface area contributed by atoms with Crippen LogP contribution in [0.4, 0.5) is 9.59 Å². The number of ether oxygens (including phenoxy) is 1. The summed E-state index contributed by atoms with van der Waals surface area (Å²) in [5, 5.41) is 3.39. The summed E-state index contributed by atoms with van der Waals surface area (Å²) in [4.78, 5) is 31.7. The number of rotatable bonds is 5. The molecule has 0 bridgehead atoms. The van der Waals surface area contributed by atoms with Crippen LogP contribution in [-0.4, -0.2) is 77.7 Å². The van der Waals surface area contributed by atoms with Gasteiger partial charge in [0.1, 0.15) is 0 Å². The first-order chi connectivity index (χ1) is 16.8. The zero-order valence-electron chi connectivity index (χ0n) is 22.3. The first kappa shape index (κ1) is 25.8. The minimum absolute atomic E-state index is 0.0395. The van der Waals surface area contributed by atoms with E-state index in [1.54, 1.807) is 0 Å². The fourth-order valence-electron chi connectivity index (χ4n) is 6.73. The summed E-state index contributed by atoms with van der Waals surface area (Å²) < 4.78 is 5.18. The summed E-state index contributed by atoms with van der Waals surface area (Å²) in [7, 11) is 0. The third kappa shape index (κ3) is 5.30. The molecule has 1 aromatic rings. The molecule has 35 heavy (non-hydrogen) atoms. The monoisotopic (exact) mass is 484 g/mol. The van der Waals surface area contributed by atoms with Crippen molar-refractivity contribution in [3.63, 3.8) is 0 Å². The van der Waals surface area contributed by atoms with Crippen LogP contribution in [0.5, 0.6) is 0 Å². The number of amides is 3. The zero-order valence-corrected chi connectivity index (χ0v) is 22.3. The maximum absolute atomic E-state index is 13.2. The normalized spacial score (nSPS) is 22.5. The Morgan fingerprint density at radius 1 is 1.06 bits per heavy atom. The number of hydrogen-bond acceptors (Lipinski definition) is 4. The van der Waals surface area contributed by atoms with E-state index >= 15 is 0 Å². The standard InChI is InChI=1S/C28H44N4O3/c1-6-35-27(34)31-15-11-22(12-16-31)30-17-13-28(14-18-30)19-25(23-9-7-8-10-24(23)28)29-26(33)32(20(2)3)21(4)5/h7-10,20-22,25H,6,11-19H2,1-5H3,(H,29,33). The van der Waals surface area contributed by atoms with E-state index < -0.39 is 0 Å². The van der Waals surface area contributed by atoms with Crippen molar-refractivity contribution in [2.24, 2.45) is 0 Å². The van der Waals surface area contributed by atoms with Gasteiger partial charge in [-0.1, -0.05) is 24.3 Å². The van der Waals surface area contributed by atoms with E-state index in [4.69, 9.17) is 4.74 Å². The Kier molecular flexibility index (Phi) is 7.94. The Morgan fingerprint density at radius 2 is 1.69 bits per heavy atom. The molecule has 2 aliphatic heterocycles. The van der Waals surface area contributed by atoms with Crippen LogP contribution in [0.25, 0.3) is 0 Å². The highest BCUT2D eigenvalue weighted by atomic mass is 16.6. The van der Waals surface area contributed by atoms with Crippen molar-refractivity contribution in [2.75, 3.05) is 32.8 Å². The average Bonchev–Trinajstić information content (AvgIpc) is 3.12. The summed E-state index contributed by atoms with van der Waals surface area (Å²) in [6, 6.07) is 9.73. The van der Waals surface area contributed by atoms with Crippen molar-refractivity contribution in [1.82, 2.24) is 20.0 Å². The van der Waals surface area contributed by atoms with Gasteiger partial charge in [0, 0.05) is 36.6 Å². The van der Waals surface area contributed by atoms with Crippen LogP contribution in [0, 0.1) is 0 Å². The van der Waals surface area contributed by atoms with Gasteiger partial charge in [-0.05, 0) is 90.9 Å². The number of nitrogens with zero attached hydrogens (tertiary/aromatic N) is 3. The quantitative estimate of drug-likeness (QED) is 0.645. The Bertz CT molecular complexity index is 878. The first-order valence-electron chi connectivity index (χ1n) is 13.6. The summed E-state index contributed by atoms with van der Waals surface area (Å²) in [6.45, 7) is 14.3. The molecular weight excluding hydrogens is 440 g/mol. The number of hydrogen-bond donors (Lipinski definition) is 1. The molecule has 1 spiro atoms. The van der Waals surface area contributed by atoms with Gasteiger partial charge in [0.15, 0.2) is 0 Å². The van der Waals surface area contributed by atoms with Crippen LogP contribution in [0.15, 0.2) is 24.3 Å². The summed E-state index contributed by atoms with van der Waals surface area (Å²) in [6.07, 6.45) is 5.08. The lowest BCUT2D eigenvalue weighted by Gasteiger charge is -2.45. The fourth-order valence-corrected chi connectivity index (χ4v) is 6.73. The summed E-state index contributed by atoms with van der Waals surface area (Å²) in [5.41, 5.74) is 2.86. The molecule has 1 aliphatic carbocycles. The van der Waals surface area contributed by atoms with Crippen LogP contribution < -0.4 is 5.32 Å². The molecule has 2 heterocycles. The molecule has 2 fully saturated rings. The van der Waals surface area contributed by atoms with Gasteiger partial charge < -0.3 is 24.8 Å². The molecule has 0 radical (unpaired) electrons. The molecular formula is C28H44N4O3. The Labute approximate surface area is 211 Å². The first-order valence-corrected chi connectivity index (χ1v) is 13.6. The van der Waals surface area contributed by atoms with E-state index in [-0.39, 0.29) is 35.7 Å². The van der Waals surface area contributed by atoms with Gasteiger partial charge in [-0.25, -0.2) is 9.59 Å². The van der Waals surface area contributed by atoms with E-state index in [2.05, 4.69) is 62.2 Å². The lowest BCUT2D eigenvalue weighted by Crippen LogP contribution is -2.51. The van der Waals surface area contributed by atoms with E-state index in [0.29, 0.717) is 12.6 Å². The highest BCUT2D eigenvalue weighted by Crippen LogP contribution is 2.51. The Hall–Kier alpha value is -2.28. The maximum Gasteiger partial charge on any atom is 0.409 e. The van der Waals surface area contributed by atoms with Crippen molar-refractivity contribution in [3.8, 4) is 0 Å². The van der Waals surface area contributed by atoms with Crippen LogP contribution in [-0.2, 0) is 10.2 Å². The van der Waals surface area contributed by atoms with Crippen molar-refractivity contribution in [2.45, 2.75) is 96.3 Å². The van der Waals surface area contributed by atoms with Crippen molar-refractivity contribution < 1.29 is 14.3 Å². The molecule has 1 atom stereocenters. The Morgan fingerprint density at radius 3 is 2.29 bits per heavy atom.